The van der Waals surface area contributed by atoms with Crippen LogP contribution in [0.3, 0.4) is 0 Å². The lowest BCUT2D eigenvalue weighted by molar-refractivity contribution is 0.0953. The smallest absolute Gasteiger partial charge is 0.253 e. The van der Waals surface area contributed by atoms with Crippen LogP contribution in [0, 0.1) is 0 Å². The van der Waals surface area contributed by atoms with Gasteiger partial charge in [-0.2, -0.15) is 0 Å². The number of benzene rings is 3. The predicted molar refractivity (Wildman–Crippen MR) is 127 cm³/mol. The first-order valence-corrected chi connectivity index (χ1v) is 10.5. The number of carbonyl (C=O) groups excluding carboxylic acids is 2. The first-order valence-electron chi connectivity index (χ1n) is 10.5. The second-order valence-corrected chi connectivity index (χ2v) is 7.39. The molecule has 0 radical (unpaired) electrons. The Morgan fingerprint density at radius 3 is 2.12 bits per heavy atom. The Morgan fingerprint density at radius 2 is 1.38 bits per heavy atom. The van der Waals surface area contributed by atoms with Gasteiger partial charge in [-0.25, -0.2) is 4.98 Å². The minimum atomic E-state index is -0.220. The molecule has 0 saturated carbocycles. The van der Waals surface area contributed by atoms with Crippen LogP contribution in [0.1, 0.15) is 27.1 Å². The predicted octanol–water partition coefficient (Wildman–Crippen LogP) is 4.03. The Labute approximate surface area is 186 Å². The number of amides is 2. The molecular weight excluding hydrogens is 400 g/mol. The maximum atomic E-state index is 13.0. The van der Waals surface area contributed by atoms with Gasteiger partial charge in [0.15, 0.2) is 0 Å². The number of nitrogen functional groups attached to an aromatic ring is 1. The zero-order valence-corrected chi connectivity index (χ0v) is 17.5. The van der Waals surface area contributed by atoms with Gasteiger partial charge in [-0.3, -0.25) is 9.59 Å². The maximum absolute atomic E-state index is 13.0. The molecule has 0 fully saturated rings. The molecule has 32 heavy (non-hydrogen) atoms. The summed E-state index contributed by atoms with van der Waals surface area (Å²) in [5.74, 6) is -0.388. The lowest BCUT2D eigenvalue weighted by Crippen LogP contribution is -2.30. The zero-order chi connectivity index (χ0) is 22.3. The van der Waals surface area contributed by atoms with Crippen LogP contribution < -0.4 is 16.4 Å². The highest BCUT2D eigenvalue weighted by atomic mass is 16.2. The summed E-state index contributed by atoms with van der Waals surface area (Å²) in [6, 6.07) is 26.2. The highest BCUT2D eigenvalue weighted by Gasteiger charge is 2.14. The zero-order valence-electron chi connectivity index (χ0n) is 17.5. The van der Waals surface area contributed by atoms with E-state index in [1.54, 1.807) is 24.3 Å². The molecule has 0 spiro atoms. The molecule has 6 nitrogen and oxygen atoms in total. The van der Waals surface area contributed by atoms with Gasteiger partial charge in [0, 0.05) is 29.7 Å². The molecule has 0 bridgehead atoms. The minimum absolute atomic E-state index is 0.167. The van der Waals surface area contributed by atoms with Gasteiger partial charge in [0.05, 0.1) is 22.3 Å². The molecule has 4 aromatic rings. The highest BCUT2D eigenvalue weighted by Crippen LogP contribution is 2.24. The third-order valence-corrected chi connectivity index (χ3v) is 5.16. The fraction of sp³-hybridized carbons (Fsp3) is 0.115. The number of para-hydroxylation sites is 2. The largest absolute Gasteiger partial charge is 0.398 e. The molecule has 3 aromatic carbocycles. The quantitative estimate of drug-likeness (QED) is 0.308. The molecule has 4 N–H and O–H groups in total. The van der Waals surface area contributed by atoms with Gasteiger partial charge in [-0.1, -0.05) is 60.7 Å². The molecule has 0 aliphatic rings. The fourth-order valence-corrected chi connectivity index (χ4v) is 3.51. The average Bonchev–Trinajstić information content (AvgIpc) is 2.83. The van der Waals surface area contributed by atoms with Crippen LogP contribution in [0.5, 0.6) is 0 Å². The van der Waals surface area contributed by atoms with Crippen molar-refractivity contribution in [1.82, 2.24) is 15.6 Å². The molecule has 6 heteroatoms. The van der Waals surface area contributed by atoms with Crippen LogP contribution in [0.25, 0.3) is 22.2 Å². The number of anilines is 1. The number of nitrogens with two attached hydrogens (primary N) is 1. The van der Waals surface area contributed by atoms with Gasteiger partial charge in [0.2, 0.25) is 0 Å². The van der Waals surface area contributed by atoms with E-state index in [0.29, 0.717) is 36.3 Å². The summed E-state index contributed by atoms with van der Waals surface area (Å²) < 4.78 is 0. The van der Waals surface area contributed by atoms with Crippen LogP contribution in [0.2, 0.25) is 0 Å². The number of nitrogens with one attached hydrogen (secondary N) is 2. The van der Waals surface area contributed by atoms with E-state index in [4.69, 9.17) is 10.7 Å². The molecule has 1 heterocycles. The summed E-state index contributed by atoms with van der Waals surface area (Å²) in [6.07, 6.45) is 0.596. The van der Waals surface area contributed by atoms with Crippen LogP contribution in [0.4, 0.5) is 5.69 Å². The highest BCUT2D eigenvalue weighted by molar-refractivity contribution is 6.07. The topological polar surface area (TPSA) is 97.1 Å². The second-order valence-electron chi connectivity index (χ2n) is 7.39. The molecule has 0 saturated heterocycles. The second kappa shape index (κ2) is 9.75. The van der Waals surface area contributed by atoms with Crippen molar-refractivity contribution >= 4 is 28.4 Å². The molecule has 0 unspecified atom stereocenters. The molecular formula is C26H24N4O2. The minimum Gasteiger partial charge on any atom is -0.398 e. The first-order chi connectivity index (χ1) is 15.6. The lowest BCUT2D eigenvalue weighted by Gasteiger charge is -2.11. The Morgan fingerprint density at radius 1 is 0.750 bits per heavy atom. The molecule has 2 amide bonds. The van der Waals surface area contributed by atoms with E-state index in [1.807, 2.05) is 60.7 Å². The number of carbonyl (C=O) groups is 2. The van der Waals surface area contributed by atoms with Crippen molar-refractivity contribution in [1.29, 1.82) is 0 Å². The third kappa shape index (κ3) is 4.75. The summed E-state index contributed by atoms with van der Waals surface area (Å²) in [7, 11) is 0. The van der Waals surface area contributed by atoms with Gasteiger partial charge >= 0.3 is 0 Å². The standard InChI is InChI=1S/C26H24N4O2/c27-22-13-6-4-12-20(22)25(31)28-15-8-16-29-26(32)21-17-24(18-9-2-1-3-10-18)30-23-14-7-5-11-19(21)23/h1-7,9-14,17H,8,15-16,27H2,(H,28,31)(H,29,32). The molecule has 0 atom stereocenters. The van der Waals surface area contributed by atoms with Crippen molar-refractivity contribution in [2.24, 2.45) is 0 Å². The van der Waals surface area contributed by atoms with Gasteiger partial charge in [0.25, 0.3) is 11.8 Å². The van der Waals surface area contributed by atoms with Crippen LogP contribution in [-0.4, -0.2) is 29.9 Å². The summed E-state index contributed by atoms with van der Waals surface area (Å²) in [5, 5.41) is 6.59. The van der Waals surface area contributed by atoms with E-state index < -0.39 is 0 Å². The average molecular weight is 425 g/mol. The van der Waals surface area contributed by atoms with Crippen molar-refractivity contribution in [2.45, 2.75) is 6.42 Å². The summed E-state index contributed by atoms with van der Waals surface area (Å²) in [5.41, 5.74) is 9.78. The number of aromatic nitrogens is 1. The number of hydrogen-bond acceptors (Lipinski definition) is 4. The fourth-order valence-electron chi connectivity index (χ4n) is 3.51. The van der Waals surface area contributed by atoms with Gasteiger partial charge in [-0.15, -0.1) is 0 Å². The van der Waals surface area contributed by atoms with Crippen LogP contribution >= 0.6 is 0 Å². The lowest BCUT2D eigenvalue weighted by atomic mass is 10.0. The molecule has 1 aromatic heterocycles. The van der Waals surface area contributed by atoms with Crippen LogP contribution in [-0.2, 0) is 0 Å². The van der Waals surface area contributed by atoms with E-state index in [0.717, 1.165) is 22.2 Å². The Kier molecular flexibility index (Phi) is 6.41. The molecule has 0 aliphatic heterocycles. The molecule has 0 aliphatic carbocycles. The molecule has 160 valence electrons. The molecule has 4 rings (SSSR count). The summed E-state index contributed by atoms with van der Waals surface area (Å²) in [6.45, 7) is 0.862. The van der Waals surface area contributed by atoms with Crippen molar-refractivity contribution in [3.8, 4) is 11.3 Å². The van der Waals surface area contributed by atoms with Crippen molar-refractivity contribution < 1.29 is 9.59 Å². The van der Waals surface area contributed by atoms with Crippen molar-refractivity contribution in [3.63, 3.8) is 0 Å². The first kappa shape index (κ1) is 21.1. The Hall–Kier alpha value is -4.19. The van der Waals surface area contributed by atoms with E-state index in [9.17, 15) is 9.59 Å². The van der Waals surface area contributed by atoms with E-state index in [2.05, 4.69) is 10.6 Å². The SMILES string of the molecule is Nc1ccccc1C(=O)NCCCNC(=O)c1cc(-c2ccccc2)nc2ccccc12. The normalized spacial score (nSPS) is 10.6. The van der Waals surface area contributed by atoms with Crippen molar-refractivity contribution in [3.05, 3.63) is 96.1 Å². The Bertz CT molecular complexity index is 1260. The van der Waals surface area contributed by atoms with E-state index >= 15 is 0 Å². The number of rotatable bonds is 7. The van der Waals surface area contributed by atoms with Gasteiger partial charge < -0.3 is 16.4 Å². The van der Waals surface area contributed by atoms with E-state index in [1.165, 1.54) is 0 Å². The van der Waals surface area contributed by atoms with E-state index in [-0.39, 0.29) is 11.8 Å². The number of fused-ring (bicyclic) bond motifs is 1. The number of nitrogens with zero attached hydrogens (tertiary/aromatic N) is 1. The van der Waals surface area contributed by atoms with Gasteiger partial charge in [0.1, 0.15) is 0 Å². The van der Waals surface area contributed by atoms with Crippen molar-refractivity contribution in [2.75, 3.05) is 18.8 Å². The number of pyridine rings is 1. The summed E-state index contributed by atoms with van der Waals surface area (Å²) in [4.78, 5) is 29.9. The maximum Gasteiger partial charge on any atom is 0.253 e. The van der Waals surface area contributed by atoms with Gasteiger partial charge in [-0.05, 0) is 30.7 Å². The third-order valence-electron chi connectivity index (χ3n) is 5.16. The summed E-state index contributed by atoms with van der Waals surface area (Å²) >= 11 is 0. The number of hydrogen-bond donors (Lipinski definition) is 3. The van der Waals surface area contributed by atoms with Crippen LogP contribution in [0.15, 0.2) is 84.9 Å². The monoisotopic (exact) mass is 424 g/mol. The Balaban J connectivity index is 1.40.